The summed E-state index contributed by atoms with van der Waals surface area (Å²) in [4.78, 5) is 2.18. The van der Waals surface area contributed by atoms with Crippen molar-refractivity contribution in [2.24, 2.45) is 0 Å². The number of hydrogen-bond acceptors (Lipinski definition) is 3. The van der Waals surface area contributed by atoms with Crippen molar-refractivity contribution in [2.75, 3.05) is 24.5 Å². The number of aromatic hydroxyl groups is 2. The normalized spacial score (nSPS) is 20.1. The lowest BCUT2D eigenvalue weighted by Gasteiger charge is -2.26. The molecular formula is C15H21N2O2+. The van der Waals surface area contributed by atoms with E-state index in [0.29, 0.717) is 0 Å². The van der Waals surface area contributed by atoms with E-state index in [0.717, 1.165) is 38.2 Å². The molecule has 0 radical (unpaired) electrons. The molecule has 4 nitrogen and oxygen atoms in total. The van der Waals surface area contributed by atoms with E-state index in [1.54, 1.807) is 12.1 Å². The fourth-order valence-electron chi connectivity index (χ4n) is 3.13. The van der Waals surface area contributed by atoms with E-state index in [2.05, 4.69) is 9.48 Å². The lowest BCUT2D eigenvalue weighted by molar-refractivity contribution is -0.532. The van der Waals surface area contributed by atoms with Crippen molar-refractivity contribution in [3.63, 3.8) is 0 Å². The second-order valence-electron chi connectivity index (χ2n) is 5.39. The minimum absolute atomic E-state index is 0.208. The van der Waals surface area contributed by atoms with Gasteiger partial charge in [0.15, 0.2) is 11.4 Å². The Balaban J connectivity index is 2.00. The van der Waals surface area contributed by atoms with Gasteiger partial charge in [0.2, 0.25) is 0 Å². The molecule has 2 aliphatic heterocycles. The first-order valence-electron chi connectivity index (χ1n) is 7.16. The molecule has 3 rings (SSSR count). The molecule has 2 heterocycles. The lowest BCUT2D eigenvalue weighted by Crippen LogP contribution is -2.44. The molecule has 0 amide bonds. The molecule has 0 aliphatic carbocycles. The Morgan fingerprint density at radius 1 is 1.00 bits per heavy atom. The fraction of sp³-hybridized carbons (Fsp3) is 0.533. The highest BCUT2D eigenvalue weighted by atomic mass is 16.3. The minimum Gasteiger partial charge on any atom is -0.508 e. The Morgan fingerprint density at radius 3 is 2.74 bits per heavy atom. The van der Waals surface area contributed by atoms with E-state index < -0.39 is 0 Å². The van der Waals surface area contributed by atoms with Gasteiger partial charge in [-0.25, -0.2) is 4.90 Å². The van der Waals surface area contributed by atoms with Crippen LogP contribution in [-0.2, 0) is 0 Å². The van der Waals surface area contributed by atoms with Crippen LogP contribution in [0, 0.1) is 0 Å². The third-order valence-corrected chi connectivity index (χ3v) is 4.06. The second kappa shape index (κ2) is 5.11. The third kappa shape index (κ3) is 2.39. The smallest absolute Gasteiger partial charge is 0.252 e. The van der Waals surface area contributed by atoms with Crippen molar-refractivity contribution in [3.8, 4) is 11.5 Å². The van der Waals surface area contributed by atoms with E-state index in [-0.39, 0.29) is 11.5 Å². The highest BCUT2D eigenvalue weighted by Crippen LogP contribution is 2.33. The zero-order valence-electron chi connectivity index (χ0n) is 11.2. The Hall–Kier alpha value is -1.71. The fourth-order valence-corrected chi connectivity index (χ4v) is 3.13. The molecule has 0 fully saturated rings. The molecule has 1 aromatic carbocycles. The molecule has 1 aromatic rings. The van der Waals surface area contributed by atoms with E-state index >= 15 is 0 Å². The van der Waals surface area contributed by atoms with Crippen LogP contribution in [0.15, 0.2) is 18.2 Å². The van der Waals surface area contributed by atoms with Crippen LogP contribution >= 0.6 is 0 Å². The Labute approximate surface area is 113 Å². The molecule has 0 aromatic heterocycles. The average molecular weight is 261 g/mol. The minimum atomic E-state index is 0.208. The van der Waals surface area contributed by atoms with Crippen LogP contribution in [0.3, 0.4) is 0 Å². The largest absolute Gasteiger partial charge is 0.508 e. The summed E-state index contributed by atoms with van der Waals surface area (Å²) < 4.78 is 2.44. The number of phenolic OH excluding ortho intramolecular Hbond substituents is 2. The zero-order chi connectivity index (χ0) is 13.2. The predicted molar refractivity (Wildman–Crippen MR) is 75.2 cm³/mol. The number of phenols is 2. The van der Waals surface area contributed by atoms with Crippen LogP contribution in [0.4, 0.5) is 5.69 Å². The SMILES string of the molecule is Oc1ccc(O)c(N2CCC[N+]3=C2CCCCC3)c1. The molecular weight excluding hydrogens is 240 g/mol. The second-order valence-corrected chi connectivity index (χ2v) is 5.39. The summed E-state index contributed by atoms with van der Waals surface area (Å²) in [6.07, 6.45) is 5.90. The monoisotopic (exact) mass is 261 g/mol. The van der Waals surface area contributed by atoms with Gasteiger partial charge in [0.05, 0.1) is 19.6 Å². The Kier molecular flexibility index (Phi) is 3.32. The van der Waals surface area contributed by atoms with Crippen LogP contribution in [0.1, 0.15) is 32.1 Å². The highest BCUT2D eigenvalue weighted by molar-refractivity contribution is 5.96. The van der Waals surface area contributed by atoms with Crippen molar-refractivity contribution in [2.45, 2.75) is 32.1 Å². The molecule has 0 saturated heterocycles. The average Bonchev–Trinajstić information content (AvgIpc) is 2.66. The molecule has 0 bridgehead atoms. The van der Waals surface area contributed by atoms with E-state index in [9.17, 15) is 10.2 Å². The topological polar surface area (TPSA) is 46.7 Å². The summed E-state index contributed by atoms with van der Waals surface area (Å²) in [7, 11) is 0. The van der Waals surface area contributed by atoms with Gasteiger partial charge in [-0.1, -0.05) is 0 Å². The number of anilines is 1. The van der Waals surface area contributed by atoms with Crippen LogP contribution in [0.5, 0.6) is 11.5 Å². The van der Waals surface area contributed by atoms with Crippen molar-refractivity contribution in [1.29, 1.82) is 0 Å². The third-order valence-electron chi connectivity index (χ3n) is 4.06. The van der Waals surface area contributed by atoms with Crippen molar-refractivity contribution < 1.29 is 14.8 Å². The molecule has 0 spiro atoms. The van der Waals surface area contributed by atoms with Crippen molar-refractivity contribution in [1.82, 2.24) is 0 Å². The molecule has 4 heteroatoms. The van der Waals surface area contributed by atoms with Gasteiger partial charge in [0.25, 0.3) is 5.84 Å². The van der Waals surface area contributed by atoms with Gasteiger partial charge in [-0.05, 0) is 31.4 Å². The Morgan fingerprint density at radius 2 is 1.84 bits per heavy atom. The van der Waals surface area contributed by atoms with Gasteiger partial charge in [-0.2, -0.15) is 0 Å². The maximum absolute atomic E-state index is 10.1. The number of amidine groups is 1. The van der Waals surface area contributed by atoms with Gasteiger partial charge in [-0.3, -0.25) is 4.58 Å². The van der Waals surface area contributed by atoms with E-state index in [1.807, 2.05) is 0 Å². The predicted octanol–water partition coefficient (Wildman–Crippen LogP) is 2.29. The van der Waals surface area contributed by atoms with Crippen LogP contribution in [-0.4, -0.2) is 40.3 Å². The molecule has 0 saturated carbocycles. The summed E-state index contributed by atoms with van der Waals surface area (Å²) in [5.41, 5.74) is 0.738. The number of nitrogens with zero attached hydrogens (tertiary/aromatic N) is 2. The Bertz CT molecular complexity index is 511. The molecule has 2 N–H and O–H groups in total. The summed E-state index contributed by atoms with van der Waals surface area (Å²) in [6.45, 7) is 3.15. The summed E-state index contributed by atoms with van der Waals surface area (Å²) in [5.74, 6) is 1.76. The number of rotatable bonds is 1. The molecule has 0 atom stereocenters. The molecule has 19 heavy (non-hydrogen) atoms. The lowest BCUT2D eigenvalue weighted by atomic mass is 10.1. The number of benzene rings is 1. The highest BCUT2D eigenvalue weighted by Gasteiger charge is 2.31. The molecule has 0 unspecified atom stereocenters. The first-order valence-corrected chi connectivity index (χ1v) is 7.16. The summed E-state index contributed by atoms with van der Waals surface area (Å²) in [6, 6.07) is 4.76. The van der Waals surface area contributed by atoms with E-state index in [4.69, 9.17) is 0 Å². The quantitative estimate of drug-likeness (QED) is 0.602. The van der Waals surface area contributed by atoms with Crippen LogP contribution in [0.25, 0.3) is 0 Å². The molecule has 102 valence electrons. The standard InChI is InChI=1S/C15H20N2O2/c18-12-6-7-14(19)13(11-12)17-10-4-9-16-8-3-1-2-5-15(16)17/h6-7,11H,1-5,8-10H2,(H-,18,19)/p+1. The van der Waals surface area contributed by atoms with Gasteiger partial charge in [0, 0.05) is 18.9 Å². The summed E-state index contributed by atoms with van der Waals surface area (Å²) >= 11 is 0. The van der Waals surface area contributed by atoms with Crippen molar-refractivity contribution in [3.05, 3.63) is 18.2 Å². The van der Waals surface area contributed by atoms with Gasteiger partial charge >= 0.3 is 0 Å². The zero-order valence-corrected chi connectivity index (χ0v) is 11.2. The van der Waals surface area contributed by atoms with Crippen molar-refractivity contribution >= 4 is 11.5 Å². The first kappa shape index (κ1) is 12.3. The molecule has 2 aliphatic rings. The summed E-state index contributed by atoms with van der Waals surface area (Å²) in [5, 5.41) is 19.7. The van der Waals surface area contributed by atoms with Gasteiger partial charge < -0.3 is 10.2 Å². The van der Waals surface area contributed by atoms with Crippen LogP contribution < -0.4 is 4.90 Å². The van der Waals surface area contributed by atoms with Gasteiger partial charge in [-0.15, -0.1) is 0 Å². The first-order chi connectivity index (χ1) is 9.25. The number of hydrogen-bond donors (Lipinski definition) is 2. The maximum atomic E-state index is 10.1. The maximum Gasteiger partial charge on any atom is 0.252 e. The van der Waals surface area contributed by atoms with Crippen LogP contribution in [0.2, 0.25) is 0 Å². The van der Waals surface area contributed by atoms with Gasteiger partial charge in [0.1, 0.15) is 5.75 Å². The van der Waals surface area contributed by atoms with E-state index in [1.165, 1.54) is 31.2 Å².